The maximum absolute atomic E-state index is 14.1. The van der Waals surface area contributed by atoms with E-state index in [0.29, 0.717) is 28.6 Å². The molecule has 1 N–H and O–H groups in total. The summed E-state index contributed by atoms with van der Waals surface area (Å²) < 4.78 is 61.2. The normalized spacial score (nSPS) is 11.7. The van der Waals surface area contributed by atoms with Crippen LogP contribution in [0, 0.1) is 0 Å². The van der Waals surface area contributed by atoms with Gasteiger partial charge in [-0.15, -0.1) is 0 Å². The smallest absolute Gasteiger partial charge is 0.265 e. The van der Waals surface area contributed by atoms with Gasteiger partial charge in [0.15, 0.2) is 11.5 Å². The lowest BCUT2D eigenvalue weighted by Crippen LogP contribution is -2.41. The van der Waals surface area contributed by atoms with Crippen LogP contribution in [0.3, 0.4) is 0 Å². The average molecular weight is 575 g/mol. The summed E-state index contributed by atoms with van der Waals surface area (Å²) >= 11 is 0. The highest BCUT2D eigenvalue weighted by molar-refractivity contribution is 7.92. The highest BCUT2D eigenvalue weighted by Gasteiger charge is 2.31. The molecular weight excluding hydrogens is 540 g/mol. The van der Waals surface area contributed by atoms with E-state index in [1.54, 1.807) is 37.3 Å². The lowest BCUT2D eigenvalue weighted by molar-refractivity contribution is -0.120. The predicted octanol–water partition coefficient (Wildman–Crippen LogP) is 3.81. The molecule has 0 aliphatic carbocycles. The number of benzene rings is 3. The minimum Gasteiger partial charge on any atom is -0.497 e. The van der Waals surface area contributed by atoms with Crippen molar-refractivity contribution in [3.8, 4) is 34.5 Å². The molecule has 0 saturated carbocycles. The van der Waals surface area contributed by atoms with Crippen molar-refractivity contribution in [2.75, 3.05) is 53.5 Å². The van der Waals surface area contributed by atoms with Crippen LogP contribution in [0.25, 0.3) is 0 Å². The first kappa shape index (κ1) is 30.2. The van der Waals surface area contributed by atoms with Gasteiger partial charge in [0, 0.05) is 17.7 Å². The van der Waals surface area contributed by atoms with Crippen LogP contribution in [0.4, 0.5) is 5.69 Å². The van der Waals surface area contributed by atoms with Gasteiger partial charge in [-0.3, -0.25) is 9.10 Å². The molecule has 0 heterocycles. The molecule has 12 heteroatoms. The second kappa shape index (κ2) is 13.2. The van der Waals surface area contributed by atoms with Gasteiger partial charge in [0.05, 0.1) is 59.3 Å². The van der Waals surface area contributed by atoms with Crippen molar-refractivity contribution in [1.29, 1.82) is 0 Å². The molecule has 0 unspecified atom stereocenters. The number of hydrogen-bond donors (Lipinski definition) is 1. The van der Waals surface area contributed by atoms with Crippen molar-refractivity contribution in [2.24, 2.45) is 0 Å². The summed E-state index contributed by atoms with van der Waals surface area (Å²) in [6.45, 7) is 1.19. The van der Waals surface area contributed by atoms with Crippen LogP contribution in [-0.2, 0) is 14.8 Å². The van der Waals surface area contributed by atoms with Gasteiger partial charge in [0.25, 0.3) is 10.0 Å². The maximum Gasteiger partial charge on any atom is 0.265 e. The summed E-state index contributed by atoms with van der Waals surface area (Å²) in [5, 5.41) is 2.86. The zero-order chi connectivity index (χ0) is 29.4. The minimum atomic E-state index is -4.33. The van der Waals surface area contributed by atoms with Crippen molar-refractivity contribution < 1.29 is 41.6 Å². The van der Waals surface area contributed by atoms with Crippen molar-refractivity contribution in [3.05, 3.63) is 60.2 Å². The molecule has 0 fully saturated rings. The molecule has 0 aromatic heterocycles. The van der Waals surface area contributed by atoms with E-state index < -0.39 is 28.5 Å². The number of sulfonamides is 1. The first-order valence-electron chi connectivity index (χ1n) is 12.1. The van der Waals surface area contributed by atoms with Crippen LogP contribution in [0.5, 0.6) is 34.5 Å². The van der Waals surface area contributed by atoms with Crippen molar-refractivity contribution in [1.82, 2.24) is 5.32 Å². The summed E-state index contributed by atoms with van der Waals surface area (Å²) in [5.74, 6) is 1.70. The van der Waals surface area contributed by atoms with E-state index in [-0.39, 0.29) is 22.1 Å². The summed E-state index contributed by atoms with van der Waals surface area (Å²) in [5.41, 5.74) is 0.766. The van der Waals surface area contributed by atoms with E-state index in [0.717, 1.165) is 4.31 Å². The number of ether oxygens (including phenoxy) is 6. The Balaban J connectivity index is 2.06. The van der Waals surface area contributed by atoms with E-state index in [4.69, 9.17) is 28.4 Å². The summed E-state index contributed by atoms with van der Waals surface area (Å²) in [7, 11) is 4.43. The molecule has 0 aliphatic rings. The lowest BCUT2D eigenvalue weighted by Gasteiger charge is -2.27. The summed E-state index contributed by atoms with van der Waals surface area (Å²) in [4.78, 5) is 13.3. The molecule has 0 bridgehead atoms. The quantitative estimate of drug-likeness (QED) is 0.325. The SMILES string of the molecule is COc1ccc(OC)c([C@@H](C)NC(=O)CN(c2cc(OC)ccc2OC)S(=O)(=O)c2ccc(OC)c(OC)c2)c1. The zero-order valence-electron chi connectivity index (χ0n) is 23.5. The lowest BCUT2D eigenvalue weighted by atomic mass is 10.1. The molecule has 0 spiro atoms. The molecule has 1 amide bonds. The van der Waals surface area contributed by atoms with Gasteiger partial charge in [0.2, 0.25) is 5.91 Å². The zero-order valence-corrected chi connectivity index (χ0v) is 24.3. The number of hydrogen-bond acceptors (Lipinski definition) is 9. The van der Waals surface area contributed by atoms with Gasteiger partial charge >= 0.3 is 0 Å². The third-order valence-electron chi connectivity index (χ3n) is 6.17. The van der Waals surface area contributed by atoms with Gasteiger partial charge in [0.1, 0.15) is 29.5 Å². The molecule has 0 aliphatic heterocycles. The van der Waals surface area contributed by atoms with Crippen LogP contribution in [-0.4, -0.2) is 63.5 Å². The van der Waals surface area contributed by atoms with Gasteiger partial charge in [-0.25, -0.2) is 8.42 Å². The van der Waals surface area contributed by atoms with Crippen LogP contribution in [0.1, 0.15) is 18.5 Å². The fraction of sp³-hybridized carbons (Fsp3) is 0.321. The molecule has 216 valence electrons. The van der Waals surface area contributed by atoms with Crippen molar-refractivity contribution in [3.63, 3.8) is 0 Å². The van der Waals surface area contributed by atoms with E-state index >= 15 is 0 Å². The maximum atomic E-state index is 14.1. The highest BCUT2D eigenvalue weighted by Crippen LogP contribution is 2.38. The van der Waals surface area contributed by atoms with Crippen LogP contribution in [0.2, 0.25) is 0 Å². The van der Waals surface area contributed by atoms with Gasteiger partial charge in [-0.05, 0) is 49.4 Å². The molecule has 0 saturated heterocycles. The molecule has 1 atom stereocenters. The van der Waals surface area contributed by atoms with E-state index in [1.807, 2.05) is 0 Å². The largest absolute Gasteiger partial charge is 0.497 e. The van der Waals surface area contributed by atoms with Crippen LogP contribution >= 0.6 is 0 Å². The number of carbonyl (C=O) groups is 1. The molecule has 3 rings (SSSR count). The van der Waals surface area contributed by atoms with Gasteiger partial charge in [-0.2, -0.15) is 0 Å². The second-order valence-electron chi connectivity index (χ2n) is 8.46. The molecule has 40 heavy (non-hydrogen) atoms. The van der Waals surface area contributed by atoms with Crippen molar-refractivity contribution >= 4 is 21.6 Å². The molecular formula is C28H34N2O9S. The first-order valence-corrected chi connectivity index (χ1v) is 13.6. The molecule has 0 radical (unpaired) electrons. The van der Waals surface area contributed by atoms with Crippen LogP contribution in [0.15, 0.2) is 59.5 Å². The predicted molar refractivity (Wildman–Crippen MR) is 150 cm³/mol. The van der Waals surface area contributed by atoms with E-state index in [2.05, 4.69) is 5.32 Å². The average Bonchev–Trinajstić information content (AvgIpc) is 2.98. The Labute approximate surface area is 234 Å². The Morgan fingerprint density at radius 2 is 1.27 bits per heavy atom. The second-order valence-corrected chi connectivity index (χ2v) is 10.3. The third kappa shape index (κ3) is 6.45. The molecule has 3 aromatic carbocycles. The number of rotatable bonds is 13. The number of nitrogens with one attached hydrogen (secondary N) is 1. The highest BCUT2D eigenvalue weighted by atomic mass is 32.2. The Bertz CT molecular complexity index is 1440. The topological polar surface area (TPSA) is 122 Å². The third-order valence-corrected chi connectivity index (χ3v) is 7.92. The fourth-order valence-electron chi connectivity index (χ4n) is 4.07. The number of methoxy groups -OCH3 is 6. The number of amides is 1. The number of nitrogens with zero attached hydrogens (tertiary/aromatic N) is 1. The van der Waals surface area contributed by atoms with Crippen molar-refractivity contribution in [2.45, 2.75) is 17.9 Å². The molecule has 11 nitrogen and oxygen atoms in total. The first-order chi connectivity index (χ1) is 19.1. The Kier molecular flexibility index (Phi) is 9.94. The molecule has 3 aromatic rings. The fourth-order valence-corrected chi connectivity index (χ4v) is 5.51. The number of anilines is 1. The van der Waals surface area contributed by atoms with E-state index in [9.17, 15) is 13.2 Å². The minimum absolute atomic E-state index is 0.110. The van der Waals surface area contributed by atoms with Gasteiger partial charge in [-0.1, -0.05) is 0 Å². The summed E-state index contributed by atoms with van der Waals surface area (Å²) in [6, 6.07) is 13.5. The standard InChI is InChI=1S/C28H34N2O9S/c1-18(22-14-19(34-2)8-11-24(22)36-4)29-28(31)17-30(23-15-20(35-3)9-12-25(23)37-5)40(32,33)21-10-13-26(38-6)27(16-21)39-7/h8-16,18H,17H2,1-7H3,(H,29,31)/t18-/m1/s1. The van der Waals surface area contributed by atoms with Crippen LogP contribution < -0.4 is 38.0 Å². The van der Waals surface area contributed by atoms with E-state index in [1.165, 1.54) is 66.9 Å². The Morgan fingerprint density at radius 3 is 1.85 bits per heavy atom. The number of carbonyl (C=O) groups excluding carboxylic acids is 1. The Hall–Kier alpha value is -4.32. The summed E-state index contributed by atoms with van der Waals surface area (Å²) in [6.07, 6.45) is 0. The monoisotopic (exact) mass is 574 g/mol. The Morgan fingerprint density at radius 1 is 0.725 bits per heavy atom. The van der Waals surface area contributed by atoms with Gasteiger partial charge < -0.3 is 33.7 Å².